The SMILES string of the molecule is CC(=O)n1c(-c2cc3ccccc3s2)c2c3c(cccc31)C(=O)c1ccccc1-2. The number of carbonyl (C=O) groups is 2. The first-order valence-corrected chi connectivity index (χ1v) is 10.3. The quantitative estimate of drug-likeness (QED) is 0.324. The number of thiophene rings is 1. The van der Waals surface area contributed by atoms with E-state index in [1.54, 1.807) is 22.8 Å². The van der Waals surface area contributed by atoms with E-state index in [1.807, 2.05) is 54.6 Å². The lowest BCUT2D eigenvalue weighted by Crippen LogP contribution is -2.08. The van der Waals surface area contributed by atoms with Crippen molar-refractivity contribution in [1.29, 1.82) is 0 Å². The number of rotatable bonds is 1. The summed E-state index contributed by atoms with van der Waals surface area (Å²) in [4.78, 5) is 27.0. The normalized spacial score (nSPS) is 12.5. The highest BCUT2D eigenvalue weighted by Gasteiger charge is 2.32. The smallest absolute Gasteiger partial charge is 0.228 e. The molecule has 0 bridgehead atoms. The summed E-state index contributed by atoms with van der Waals surface area (Å²) >= 11 is 1.67. The highest BCUT2D eigenvalue weighted by molar-refractivity contribution is 7.22. The molecule has 0 aliphatic heterocycles. The third-order valence-corrected chi connectivity index (χ3v) is 6.78. The van der Waals surface area contributed by atoms with E-state index >= 15 is 0 Å². The first-order chi connectivity index (χ1) is 14.1. The van der Waals surface area contributed by atoms with Crippen LogP contribution in [0.4, 0.5) is 0 Å². The molecule has 0 fully saturated rings. The molecule has 0 unspecified atom stereocenters. The number of fused-ring (bicyclic) bond motifs is 3. The molecular weight excluding hydrogens is 378 g/mol. The minimum atomic E-state index is -0.0577. The first kappa shape index (κ1) is 16.5. The van der Waals surface area contributed by atoms with Crippen LogP contribution in [0.2, 0.25) is 0 Å². The fourth-order valence-corrected chi connectivity index (χ4v) is 5.60. The number of hydrogen-bond donors (Lipinski definition) is 0. The van der Waals surface area contributed by atoms with Crippen LogP contribution in [-0.2, 0) is 0 Å². The highest BCUT2D eigenvalue weighted by Crippen LogP contribution is 2.49. The molecule has 3 aromatic carbocycles. The predicted octanol–water partition coefficient (Wildman–Crippen LogP) is 6.39. The molecule has 0 N–H and O–H groups in total. The topological polar surface area (TPSA) is 39.1 Å². The number of hydrogen-bond acceptors (Lipinski definition) is 3. The Morgan fingerprint density at radius 3 is 2.38 bits per heavy atom. The van der Waals surface area contributed by atoms with Crippen molar-refractivity contribution < 1.29 is 9.59 Å². The van der Waals surface area contributed by atoms with Crippen LogP contribution in [0, 0.1) is 0 Å². The van der Waals surface area contributed by atoms with Gasteiger partial charge in [0.25, 0.3) is 0 Å². The molecule has 1 aliphatic rings. The van der Waals surface area contributed by atoms with Crippen LogP contribution in [-0.4, -0.2) is 16.3 Å². The molecule has 6 rings (SSSR count). The van der Waals surface area contributed by atoms with Crippen molar-refractivity contribution in [3.63, 3.8) is 0 Å². The molecule has 29 heavy (non-hydrogen) atoms. The maximum absolute atomic E-state index is 13.2. The van der Waals surface area contributed by atoms with E-state index in [4.69, 9.17) is 0 Å². The summed E-state index contributed by atoms with van der Waals surface area (Å²) in [7, 11) is 0. The molecule has 0 saturated heterocycles. The van der Waals surface area contributed by atoms with Crippen LogP contribution < -0.4 is 0 Å². The zero-order chi connectivity index (χ0) is 19.7. The molecule has 5 aromatic rings. The Kier molecular flexibility index (Phi) is 3.26. The van der Waals surface area contributed by atoms with Crippen LogP contribution in [0.3, 0.4) is 0 Å². The molecular formula is C25H15NO2S. The second-order valence-electron chi connectivity index (χ2n) is 7.30. The Balaban J connectivity index is 1.85. The fraction of sp³-hybridized carbons (Fsp3) is 0.0400. The van der Waals surface area contributed by atoms with Crippen molar-refractivity contribution in [2.45, 2.75) is 6.92 Å². The third-order valence-electron chi connectivity index (χ3n) is 5.65. The monoisotopic (exact) mass is 393 g/mol. The fourth-order valence-electron chi connectivity index (χ4n) is 4.49. The Labute approximate surface area is 170 Å². The maximum Gasteiger partial charge on any atom is 0.228 e. The van der Waals surface area contributed by atoms with Crippen molar-refractivity contribution in [1.82, 2.24) is 4.57 Å². The Hall–Kier alpha value is -3.50. The molecule has 0 saturated carbocycles. The molecule has 2 aromatic heterocycles. The Bertz CT molecular complexity index is 1470. The van der Waals surface area contributed by atoms with Gasteiger partial charge in [-0.25, -0.2) is 0 Å². The van der Waals surface area contributed by atoms with Gasteiger partial charge in [0.1, 0.15) is 0 Å². The van der Waals surface area contributed by atoms with Crippen molar-refractivity contribution in [3.05, 3.63) is 83.9 Å². The number of benzene rings is 3. The largest absolute Gasteiger partial charge is 0.289 e. The van der Waals surface area contributed by atoms with E-state index in [9.17, 15) is 9.59 Å². The lowest BCUT2D eigenvalue weighted by atomic mass is 9.84. The third kappa shape index (κ3) is 2.12. The summed E-state index contributed by atoms with van der Waals surface area (Å²) in [6, 6.07) is 23.7. The minimum absolute atomic E-state index is 0.0160. The van der Waals surface area contributed by atoms with Gasteiger partial charge < -0.3 is 0 Å². The van der Waals surface area contributed by atoms with Gasteiger partial charge in [0, 0.05) is 33.7 Å². The van der Waals surface area contributed by atoms with Gasteiger partial charge in [-0.15, -0.1) is 11.3 Å². The number of aromatic nitrogens is 1. The van der Waals surface area contributed by atoms with Gasteiger partial charge in [0.2, 0.25) is 5.91 Å². The number of nitrogens with zero attached hydrogens (tertiary/aromatic N) is 1. The summed E-state index contributed by atoms with van der Waals surface area (Å²) in [6.07, 6.45) is 0. The average molecular weight is 393 g/mol. The molecule has 3 nitrogen and oxygen atoms in total. The standard InChI is InChI=1S/C25H15NO2S/c1-14(27)26-19-11-6-10-18-22(19)23(16-8-3-4-9-17(16)25(18)28)24(26)21-13-15-7-2-5-12-20(15)29-21/h2-13H,1H3. The molecule has 0 spiro atoms. The van der Waals surface area contributed by atoms with Crippen LogP contribution in [0.25, 0.3) is 42.7 Å². The van der Waals surface area contributed by atoms with E-state index in [2.05, 4.69) is 18.2 Å². The van der Waals surface area contributed by atoms with Crippen molar-refractivity contribution >= 4 is 44.0 Å². The summed E-state index contributed by atoms with van der Waals surface area (Å²) in [5.41, 5.74) is 4.90. The van der Waals surface area contributed by atoms with Gasteiger partial charge in [0.15, 0.2) is 5.78 Å². The summed E-state index contributed by atoms with van der Waals surface area (Å²) < 4.78 is 2.95. The predicted molar refractivity (Wildman–Crippen MR) is 118 cm³/mol. The van der Waals surface area contributed by atoms with Crippen LogP contribution >= 0.6 is 11.3 Å². The Morgan fingerprint density at radius 1 is 0.862 bits per heavy atom. The van der Waals surface area contributed by atoms with Crippen LogP contribution in [0.15, 0.2) is 72.8 Å². The molecule has 2 heterocycles. The molecule has 138 valence electrons. The second kappa shape index (κ2) is 5.75. The van der Waals surface area contributed by atoms with Crippen molar-refractivity contribution in [3.8, 4) is 21.7 Å². The van der Waals surface area contributed by atoms with Gasteiger partial charge in [-0.05, 0) is 29.1 Å². The van der Waals surface area contributed by atoms with Crippen LogP contribution in [0.1, 0.15) is 27.6 Å². The van der Waals surface area contributed by atoms with Crippen molar-refractivity contribution in [2.75, 3.05) is 0 Å². The van der Waals surface area contributed by atoms with E-state index in [0.29, 0.717) is 11.1 Å². The minimum Gasteiger partial charge on any atom is -0.289 e. The zero-order valence-corrected chi connectivity index (χ0v) is 16.4. The van der Waals surface area contributed by atoms with Crippen molar-refractivity contribution in [2.24, 2.45) is 0 Å². The summed E-state index contributed by atoms with van der Waals surface area (Å²) in [6.45, 7) is 1.58. The van der Waals surface area contributed by atoms with E-state index in [0.717, 1.165) is 38.0 Å². The van der Waals surface area contributed by atoms with Gasteiger partial charge in [0.05, 0.1) is 16.1 Å². The van der Waals surface area contributed by atoms with Gasteiger partial charge in [-0.3, -0.25) is 14.2 Å². The molecule has 4 heteroatoms. The molecule has 1 aliphatic carbocycles. The highest BCUT2D eigenvalue weighted by atomic mass is 32.1. The van der Waals surface area contributed by atoms with Crippen LogP contribution in [0.5, 0.6) is 0 Å². The lowest BCUT2D eigenvalue weighted by Gasteiger charge is -2.16. The average Bonchev–Trinajstić information content (AvgIpc) is 3.31. The van der Waals surface area contributed by atoms with Gasteiger partial charge in [-0.2, -0.15) is 0 Å². The lowest BCUT2D eigenvalue weighted by molar-refractivity contribution is 0.0942. The molecule has 0 amide bonds. The van der Waals surface area contributed by atoms with E-state index in [1.165, 1.54) is 4.70 Å². The van der Waals surface area contributed by atoms with Gasteiger partial charge in [-0.1, -0.05) is 54.6 Å². The molecule has 0 radical (unpaired) electrons. The summed E-state index contributed by atoms with van der Waals surface area (Å²) in [5, 5.41) is 2.03. The zero-order valence-electron chi connectivity index (χ0n) is 15.6. The second-order valence-corrected chi connectivity index (χ2v) is 8.38. The van der Waals surface area contributed by atoms with E-state index < -0.39 is 0 Å². The van der Waals surface area contributed by atoms with Gasteiger partial charge >= 0.3 is 0 Å². The van der Waals surface area contributed by atoms with E-state index in [-0.39, 0.29) is 11.7 Å². The number of carbonyl (C=O) groups excluding carboxylic acids is 2. The Morgan fingerprint density at radius 2 is 1.59 bits per heavy atom. The molecule has 0 atom stereocenters. The number of ketones is 1. The maximum atomic E-state index is 13.2. The summed E-state index contributed by atoms with van der Waals surface area (Å²) in [5.74, 6) is -0.0417. The first-order valence-electron chi connectivity index (χ1n) is 9.46.